The summed E-state index contributed by atoms with van der Waals surface area (Å²) in [5.74, 6) is -0.913. The summed E-state index contributed by atoms with van der Waals surface area (Å²) in [4.78, 5) is 27.2. The molecule has 0 radical (unpaired) electrons. The average molecular weight is 564 g/mol. The number of fused-ring (bicyclic) bond motifs is 1. The third kappa shape index (κ3) is 6.47. The summed E-state index contributed by atoms with van der Waals surface area (Å²) in [6.07, 6.45) is 4.01. The standard InChI is InChI=1S/C28H41N3O5S2/c1-8-10-16-31(17-11-9-2)38(34,35)20-14-12-19(13-15-20)24(32)29-25-22(26(33)36-7)21-18-27(3,4)30-28(5,6)23(21)37-25/h12-15,30H,8-11,16-18H2,1-7H3,(H,29,32). The second-order valence-electron chi connectivity index (χ2n) is 11.0. The summed E-state index contributed by atoms with van der Waals surface area (Å²) in [6.45, 7) is 13.3. The molecule has 0 bridgehead atoms. The van der Waals surface area contributed by atoms with Gasteiger partial charge in [0.15, 0.2) is 0 Å². The topological polar surface area (TPSA) is 105 Å². The van der Waals surface area contributed by atoms with Crippen molar-refractivity contribution >= 4 is 38.2 Å². The SMILES string of the molecule is CCCCN(CCCC)S(=O)(=O)c1ccc(C(=O)Nc2sc3c(c2C(=O)OC)CC(C)(C)NC3(C)C)cc1. The van der Waals surface area contributed by atoms with E-state index in [4.69, 9.17) is 4.74 Å². The maximum atomic E-state index is 13.3. The molecule has 1 aliphatic heterocycles. The van der Waals surface area contributed by atoms with Crippen LogP contribution in [0, 0.1) is 0 Å². The number of ether oxygens (including phenoxy) is 1. The minimum absolute atomic E-state index is 0.165. The van der Waals surface area contributed by atoms with Gasteiger partial charge in [0.2, 0.25) is 10.0 Å². The van der Waals surface area contributed by atoms with Gasteiger partial charge in [0.05, 0.1) is 17.6 Å². The van der Waals surface area contributed by atoms with Gasteiger partial charge in [-0.05, 0) is 76.8 Å². The number of methoxy groups -OCH3 is 1. The van der Waals surface area contributed by atoms with Crippen molar-refractivity contribution in [3.63, 3.8) is 0 Å². The van der Waals surface area contributed by atoms with Gasteiger partial charge < -0.3 is 15.4 Å². The van der Waals surface area contributed by atoms with E-state index in [1.165, 1.54) is 47.0 Å². The van der Waals surface area contributed by atoms with Crippen LogP contribution >= 0.6 is 11.3 Å². The molecule has 2 heterocycles. The van der Waals surface area contributed by atoms with Crippen LogP contribution in [0.3, 0.4) is 0 Å². The van der Waals surface area contributed by atoms with Gasteiger partial charge in [-0.2, -0.15) is 4.31 Å². The fourth-order valence-electron chi connectivity index (χ4n) is 5.06. The van der Waals surface area contributed by atoms with Crippen LogP contribution in [0.1, 0.15) is 98.4 Å². The number of hydrogen-bond donors (Lipinski definition) is 2. The van der Waals surface area contributed by atoms with Crippen LogP contribution in [0.25, 0.3) is 0 Å². The molecule has 2 aromatic rings. The van der Waals surface area contributed by atoms with Crippen LogP contribution in [-0.4, -0.2) is 50.3 Å². The number of nitrogens with one attached hydrogen (secondary N) is 2. The lowest BCUT2D eigenvalue weighted by molar-refractivity contribution is 0.0600. The minimum Gasteiger partial charge on any atom is -0.465 e. The molecule has 1 aliphatic rings. The van der Waals surface area contributed by atoms with E-state index in [0.717, 1.165) is 36.1 Å². The molecule has 0 spiro atoms. The van der Waals surface area contributed by atoms with Crippen LogP contribution < -0.4 is 10.6 Å². The van der Waals surface area contributed by atoms with E-state index < -0.39 is 27.4 Å². The molecular formula is C28H41N3O5S2. The largest absolute Gasteiger partial charge is 0.465 e. The number of esters is 1. The maximum Gasteiger partial charge on any atom is 0.341 e. The molecule has 3 rings (SSSR count). The zero-order valence-electron chi connectivity index (χ0n) is 23.6. The molecule has 0 saturated carbocycles. The number of sulfonamides is 1. The van der Waals surface area contributed by atoms with Gasteiger partial charge in [-0.1, -0.05) is 26.7 Å². The Morgan fingerprint density at radius 2 is 1.63 bits per heavy atom. The van der Waals surface area contributed by atoms with E-state index in [2.05, 4.69) is 38.3 Å². The van der Waals surface area contributed by atoms with Gasteiger partial charge in [-0.3, -0.25) is 4.79 Å². The van der Waals surface area contributed by atoms with Gasteiger partial charge in [0, 0.05) is 34.6 Å². The number of carbonyl (C=O) groups is 2. The van der Waals surface area contributed by atoms with Crippen molar-refractivity contribution in [2.45, 2.75) is 89.6 Å². The quantitative estimate of drug-likeness (QED) is 0.348. The molecule has 10 heteroatoms. The Balaban J connectivity index is 1.89. The lowest BCUT2D eigenvalue weighted by Crippen LogP contribution is -2.55. The first-order valence-electron chi connectivity index (χ1n) is 13.2. The highest BCUT2D eigenvalue weighted by molar-refractivity contribution is 7.89. The molecule has 1 amide bonds. The Labute approximate surface area is 231 Å². The molecule has 2 N–H and O–H groups in total. The molecule has 210 valence electrons. The molecule has 0 atom stereocenters. The van der Waals surface area contributed by atoms with Crippen molar-refractivity contribution in [3.8, 4) is 0 Å². The smallest absolute Gasteiger partial charge is 0.341 e. The van der Waals surface area contributed by atoms with Gasteiger partial charge >= 0.3 is 5.97 Å². The summed E-state index contributed by atoms with van der Waals surface area (Å²) in [5.41, 5.74) is 0.921. The van der Waals surface area contributed by atoms with Gasteiger partial charge in [0.25, 0.3) is 5.91 Å². The molecule has 8 nitrogen and oxygen atoms in total. The average Bonchev–Trinajstić information content (AvgIpc) is 3.20. The zero-order valence-corrected chi connectivity index (χ0v) is 25.2. The predicted molar refractivity (Wildman–Crippen MR) is 153 cm³/mol. The number of hydrogen-bond acceptors (Lipinski definition) is 7. The van der Waals surface area contributed by atoms with E-state index in [9.17, 15) is 18.0 Å². The summed E-state index contributed by atoms with van der Waals surface area (Å²) in [7, 11) is -2.33. The molecular weight excluding hydrogens is 522 g/mol. The lowest BCUT2D eigenvalue weighted by Gasteiger charge is -2.42. The molecule has 0 unspecified atom stereocenters. The predicted octanol–water partition coefficient (Wildman–Crippen LogP) is 5.54. The highest BCUT2D eigenvalue weighted by atomic mass is 32.2. The zero-order chi connectivity index (χ0) is 28.3. The second kappa shape index (κ2) is 11.9. The molecule has 0 saturated heterocycles. The molecule has 0 aliphatic carbocycles. The van der Waals surface area contributed by atoms with Crippen molar-refractivity contribution < 1.29 is 22.7 Å². The Morgan fingerprint density at radius 3 is 2.16 bits per heavy atom. The third-order valence-electron chi connectivity index (χ3n) is 6.74. The normalized spacial score (nSPS) is 16.2. The first-order chi connectivity index (χ1) is 17.8. The monoisotopic (exact) mass is 563 g/mol. The Kier molecular flexibility index (Phi) is 9.45. The first-order valence-corrected chi connectivity index (χ1v) is 15.5. The van der Waals surface area contributed by atoms with Crippen LogP contribution in [-0.2, 0) is 26.7 Å². The minimum atomic E-state index is -3.66. The molecule has 0 fully saturated rings. The van der Waals surface area contributed by atoms with Gasteiger partial charge in [0.1, 0.15) is 5.00 Å². The number of unbranched alkanes of at least 4 members (excludes halogenated alkanes) is 2. The Morgan fingerprint density at radius 1 is 1.05 bits per heavy atom. The van der Waals surface area contributed by atoms with Crippen LogP contribution in [0.5, 0.6) is 0 Å². The molecule has 38 heavy (non-hydrogen) atoms. The maximum absolute atomic E-state index is 13.3. The summed E-state index contributed by atoms with van der Waals surface area (Å²) in [5, 5.41) is 6.93. The van der Waals surface area contributed by atoms with E-state index in [1.54, 1.807) is 0 Å². The first kappa shape index (κ1) is 30.3. The lowest BCUT2D eigenvalue weighted by atomic mass is 9.81. The number of anilines is 1. The van der Waals surface area contributed by atoms with Crippen molar-refractivity contribution in [1.29, 1.82) is 0 Å². The fourth-order valence-corrected chi connectivity index (χ4v) is 7.83. The molecule has 1 aromatic heterocycles. The van der Waals surface area contributed by atoms with E-state index in [-0.39, 0.29) is 10.4 Å². The summed E-state index contributed by atoms with van der Waals surface area (Å²) in [6, 6.07) is 5.98. The number of thiophene rings is 1. The number of carbonyl (C=O) groups excluding carboxylic acids is 2. The summed E-state index contributed by atoms with van der Waals surface area (Å²) < 4.78 is 33.1. The van der Waals surface area contributed by atoms with E-state index >= 15 is 0 Å². The number of benzene rings is 1. The number of rotatable bonds is 11. The van der Waals surface area contributed by atoms with Crippen molar-refractivity contribution in [3.05, 3.63) is 45.8 Å². The Bertz CT molecular complexity index is 1260. The van der Waals surface area contributed by atoms with Crippen molar-refractivity contribution in [2.75, 3.05) is 25.5 Å². The second-order valence-corrected chi connectivity index (χ2v) is 14.0. The number of nitrogens with zero attached hydrogens (tertiary/aromatic N) is 1. The third-order valence-corrected chi connectivity index (χ3v) is 10.1. The van der Waals surface area contributed by atoms with Gasteiger partial charge in [-0.25, -0.2) is 13.2 Å². The fraction of sp³-hybridized carbons (Fsp3) is 0.571. The highest BCUT2D eigenvalue weighted by Crippen LogP contribution is 2.45. The van der Waals surface area contributed by atoms with Crippen molar-refractivity contribution in [2.24, 2.45) is 0 Å². The van der Waals surface area contributed by atoms with Crippen LogP contribution in [0.4, 0.5) is 5.00 Å². The number of amides is 1. The van der Waals surface area contributed by atoms with Crippen LogP contribution in [0.2, 0.25) is 0 Å². The van der Waals surface area contributed by atoms with E-state index in [0.29, 0.717) is 35.6 Å². The highest BCUT2D eigenvalue weighted by Gasteiger charge is 2.42. The Hall–Kier alpha value is -2.27. The summed E-state index contributed by atoms with van der Waals surface area (Å²) >= 11 is 1.36. The van der Waals surface area contributed by atoms with Gasteiger partial charge in [-0.15, -0.1) is 11.3 Å². The van der Waals surface area contributed by atoms with Crippen LogP contribution in [0.15, 0.2) is 29.2 Å². The molecule has 1 aromatic carbocycles. The van der Waals surface area contributed by atoms with E-state index in [1.807, 2.05) is 13.8 Å². The van der Waals surface area contributed by atoms with Crippen molar-refractivity contribution in [1.82, 2.24) is 9.62 Å².